The first-order valence-corrected chi connectivity index (χ1v) is 8.10. The van der Waals surface area contributed by atoms with Gasteiger partial charge in [0.25, 0.3) is 0 Å². The minimum Gasteiger partial charge on any atom is -0.0608 e. The predicted molar refractivity (Wildman–Crippen MR) is 96.4 cm³/mol. The van der Waals surface area contributed by atoms with Crippen LogP contribution in [0.2, 0.25) is 0 Å². The van der Waals surface area contributed by atoms with E-state index in [0.717, 1.165) is 25.7 Å². The molecule has 0 bridgehead atoms. The number of hydrogen-bond acceptors (Lipinski definition) is 2. The van der Waals surface area contributed by atoms with E-state index in [1.54, 1.807) is 0 Å². The summed E-state index contributed by atoms with van der Waals surface area (Å²) in [5.74, 6) is 0. The number of benzene rings is 2. The highest BCUT2D eigenvalue weighted by molar-refractivity contribution is 5.39. The molecule has 24 heavy (non-hydrogen) atoms. The molecule has 0 aliphatic carbocycles. The molecule has 0 spiro atoms. The van der Waals surface area contributed by atoms with Gasteiger partial charge in [0, 0.05) is 21.2 Å². The summed E-state index contributed by atoms with van der Waals surface area (Å²) in [6.07, 6.45) is 6.84. The van der Waals surface area contributed by atoms with Crippen molar-refractivity contribution in [2.75, 3.05) is 0 Å². The molecule has 6 nitrogen and oxygen atoms in total. The van der Waals surface area contributed by atoms with E-state index in [0.29, 0.717) is 11.4 Å². The average molecular weight is 320 g/mol. The second kappa shape index (κ2) is 9.95. The minimum atomic E-state index is 0.660. The predicted octanol–water partition coefficient (Wildman–Crippen LogP) is 6.92. The topological polar surface area (TPSA) is 97.5 Å². The van der Waals surface area contributed by atoms with Crippen molar-refractivity contribution in [3.63, 3.8) is 0 Å². The summed E-state index contributed by atoms with van der Waals surface area (Å²) < 4.78 is 0. The zero-order chi connectivity index (χ0) is 17.0. The van der Waals surface area contributed by atoms with Crippen LogP contribution >= 0.6 is 0 Å². The van der Waals surface area contributed by atoms with E-state index in [1.165, 1.54) is 24.0 Å². The molecular weight excluding hydrogens is 300 g/mol. The summed E-state index contributed by atoms with van der Waals surface area (Å²) in [4.78, 5) is 5.55. The average Bonchev–Trinajstić information content (AvgIpc) is 2.61. The van der Waals surface area contributed by atoms with Crippen LogP contribution in [-0.4, -0.2) is 0 Å². The number of aryl methyl sites for hydroxylation is 2. The van der Waals surface area contributed by atoms with Crippen LogP contribution in [0.15, 0.2) is 58.8 Å². The van der Waals surface area contributed by atoms with Crippen LogP contribution in [0.3, 0.4) is 0 Å². The third-order valence-corrected chi connectivity index (χ3v) is 3.87. The van der Waals surface area contributed by atoms with Gasteiger partial charge in [-0.05, 0) is 47.9 Å². The second-order valence-corrected chi connectivity index (χ2v) is 5.63. The van der Waals surface area contributed by atoms with Gasteiger partial charge in [-0.1, -0.05) is 71.6 Å². The molecule has 0 aliphatic rings. The van der Waals surface area contributed by atoms with Crippen LogP contribution in [0.4, 0.5) is 11.4 Å². The van der Waals surface area contributed by atoms with Crippen molar-refractivity contribution < 1.29 is 0 Å². The van der Waals surface area contributed by atoms with E-state index in [-0.39, 0.29) is 0 Å². The molecule has 0 saturated carbocycles. The van der Waals surface area contributed by atoms with Crippen LogP contribution in [0.25, 0.3) is 20.9 Å². The maximum atomic E-state index is 8.37. The van der Waals surface area contributed by atoms with Crippen molar-refractivity contribution in [2.45, 2.75) is 38.5 Å². The summed E-state index contributed by atoms with van der Waals surface area (Å²) >= 11 is 0. The summed E-state index contributed by atoms with van der Waals surface area (Å²) in [5.41, 5.74) is 20.6. The number of nitrogens with zero attached hydrogens (tertiary/aromatic N) is 6. The van der Waals surface area contributed by atoms with E-state index in [2.05, 4.69) is 20.1 Å². The van der Waals surface area contributed by atoms with Gasteiger partial charge in [0.2, 0.25) is 0 Å². The van der Waals surface area contributed by atoms with Gasteiger partial charge in [0.1, 0.15) is 0 Å². The molecule has 2 aromatic carbocycles. The van der Waals surface area contributed by atoms with E-state index < -0.39 is 0 Å². The molecule has 0 heterocycles. The lowest BCUT2D eigenvalue weighted by Crippen LogP contribution is -1.88. The van der Waals surface area contributed by atoms with Crippen molar-refractivity contribution in [2.24, 2.45) is 10.2 Å². The molecule has 2 rings (SSSR count). The maximum Gasteiger partial charge on any atom is 0.0375 e. The molecule has 0 aromatic heterocycles. The van der Waals surface area contributed by atoms with Crippen LogP contribution in [-0.2, 0) is 12.8 Å². The first kappa shape index (κ1) is 17.4. The number of hydrogen-bond donors (Lipinski definition) is 0. The zero-order valence-electron chi connectivity index (χ0n) is 13.5. The Morgan fingerprint density at radius 3 is 1.29 bits per heavy atom. The van der Waals surface area contributed by atoms with Gasteiger partial charge in [0.15, 0.2) is 0 Å². The third kappa shape index (κ3) is 6.05. The van der Waals surface area contributed by atoms with E-state index in [4.69, 9.17) is 11.1 Å². The Balaban J connectivity index is 1.62. The summed E-state index contributed by atoms with van der Waals surface area (Å²) in [6.45, 7) is 0. The van der Waals surface area contributed by atoms with Gasteiger partial charge < -0.3 is 0 Å². The first-order valence-electron chi connectivity index (χ1n) is 8.10. The van der Waals surface area contributed by atoms with Gasteiger partial charge in [-0.3, -0.25) is 0 Å². The molecule has 0 N–H and O–H groups in total. The highest BCUT2D eigenvalue weighted by atomic mass is 15.1. The fraction of sp³-hybridized carbons (Fsp3) is 0.333. The van der Waals surface area contributed by atoms with Gasteiger partial charge in [-0.15, -0.1) is 0 Å². The molecule has 2 aromatic rings. The summed E-state index contributed by atoms with van der Waals surface area (Å²) in [6, 6.07) is 15.5. The SMILES string of the molecule is [N-]=[N+]=Nc1ccc(CCCCCCc2ccc(N=[N+]=[N-])cc2)cc1. The van der Waals surface area contributed by atoms with Gasteiger partial charge in [0.05, 0.1) is 0 Å². The van der Waals surface area contributed by atoms with Crippen LogP contribution in [0.1, 0.15) is 36.8 Å². The molecule has 0 amide bonds. The number of rotatable bonds is 9. The van der Waals surface area contributed by atoms with Gasteiger partial charge >= 0.3 is 0 Å². The fourth-order valence-electron chi connectivity index (χ4n) is 2.57. The van der Waals surface area contributed by atoms with E-state index in [9.17, 15) is 0 Å². The van der Waals surface area contributed by atoms with Crippen LogP contribution < -0.4 is 0 Å². The van der Waals surface area contributed by atoms with Crippen molar-refractivity contribution in [1.82, 2.24) is 0 Å². The summed E-state index contributed by atoms with van der Waals surface area (Å²) in [5, 5.41) is 7.14. The van der Waals surface area contributed by atoms with Gasteiger partial charge in [-0.25, -0.2) is 0 Å². The number of unbranched alkanes of at least 4 members (excludes halogenated alkanes) is 3. The van der Waals surface area contributed by atoms with Crippen LogP contribution in [0, 0.1) is 0 Å². The highest BCUT2D eigenvalue weighted by Gasteiger charge is 1.97. The lowest BCUT2D eigenvalue weighted by molar-refractivity contribution is 0.640. The molecule has 6 heteroatoms. The molecule has 0 saturated heterocycles. The lowest BCUT2D eigenvalue weighted by Gasteiger charge is -2.04. The molecule has 0 unspecified atom stereocenters. The van der Waals surface area contributed by atoms with Crippen LogP contribution in [0.5, 0.6) is 0 Å². The molecular formula is C18H20N6. The monoisotopic (exact) mass is 320 g/mol. The van der Waals surface area contributed by atoms with Gasteiger partial charge in [-0.2, -0.15) is 0 Å². The molecule has 122 valence electrons. The highest BCUT2D eigenvalue weighted by Crippen LogP contribution is 2.17. The largest absolute Gasteiger partial charge is 0.0608 e. The number of azide groups is 2. The van der Waals surface area contributed by atoms with E-state index >= 15 is 0 Å². The Kier molecular flexibility index (Phi) is 7.22. The standard InChI is InChI=1S/C18H20N6/c19-23-21-17-11-7-15(8-12-17)5-3-1-2-4-6-16-9-13-18(14-10-16)22-24-20/h7-14H,1-6H2. The van der Waals surface area contributed by atoms with Crippen molar-refractivity contribution in [3.05, 3.63) is 80.5 Å². The third-order valence-electron chi connectivity index (χ3n) is 3.87. The smallest absolute Gasteiger partial charge is 0.0375 e. The fourth-order valence-corrected chi connectivity index (χ4v) is 2.57. The Hall–Kier alpha value is -2.94. The minimum absolute atomic E-state index is 0.660. The first-order chi connectivity index (χ1) is 11.8. The quantitative estimate of drug-likeness (QED) is 0.207. The molecule has 0 aliphatic heterocycles. The van der Waals surface area contributed by atoms with Crippen molar-refractivity contribution in [1.29, 1.82) is 0 Å². The molecule has 0 radical (unpaired) electrons. The zero-order valence-corrected chi connectivity index (χ0v) is 13.5. The second-order valence-electron chi connectivity index (χ2n) is 5.63. The molecule has 0 fully saturated rings. The van der Waals surface area contributed by atoms with E-state index in [1.807, 2.05) is 48.5 Å². The Morgan fingerprint density at radius 2 is 0.958 bits per heavy atom. The van der Waals surface area contributed by atoms with Crippen molar-refractivity contribution in [3.8, 4) is 0 Å². The van der Waals surface area contributed by atoms with Crippen molar-refractivity contribution >= 4 is 11.4 Å². The normalized spacial score (nSPS) is 9.83. The lowest BCUT2D eigenvalue weighted by atomic mass is 10.0. The Morgan fingerprint density at radius 1 is 0.583 bits per heavy atom. The maximum absolute atomic E-state index is 8.37. The Labute approximate surface area is 141 Å². The Bertz CT molecular complexity index is 658. The summed E-state index contributed by atoms with van der Waals surface area (Å²) in [7, 11) is 0. The molecule has 0 atom stereocenters.